The van der Waals surface area contributed by atoms with E-state index in [9.17, 15) is 4.79 Å². The SMILES string of the molecule is COc1ccc(-c2nc(NC(=O)c3ccc(OCCC(C)C)cc3)sc2C)cc1. The molecule has 5 nitrogen and oxygen atoms in total. The molecule has 1 aromatic heterocycles. The number of hydrogen-bond donors (Lipinski definition) is 1. The minimum Gasteiger partial charge on any atom is -0.497 e. The summed E-state index contributed by atoms with van der Waals surface area (Å²) in [6.07, 6.45) is 1.00. The summed E-state index contributed by atoms with van der Waals surface area (Å²) in [7, 11) is 1.64. The molecule has 0 aliphatic carbocycles. The monoisotopic (exact) mass is 410 g/mol. The summed E-state index contributed by atoms with van der Waals surface area (Å²) in [5.41, 5.74) is 2.42. The molecule has 3 rings (SSSR count). The number of carbonyl (C=O) groups is 1. The lowest BCUT2D eigenvalue weighted by Crippen LogP contribution is -2.11. The Balaban J connectivity index is 1.64. The number of aromatic nitrogens is 1. The zero-order valence-corrected chi connectivity index (χ0v) is 18.0. The standard InChI is InChI=1S/C23H26N2O3S/c1-15(2)13-14-28-20-11-7-18(8-12-20)22(26)25-23-24-21(16(3)29-23)17-5-9-19(27-4)10-6-17/h5-12,15H,13-14H2,1-4H3,(H,24,25,26). The van der Waals surface area contributed by atoms with Crippen LogP contribution in [0, 0.1) is 12.8 Å². The Labute approximate surface area is 175 Å². The molecule has 0 aliphatic heterocycles. The molecule has 0 bridgehead atoms. The molecule has 3 aromatic rings. The highest BCUT2D eigenvalue weighted by Crippen LogP contribution is 2.31. The molecule has 29 heavy (non-hydrogen) atoms. The van der Waals surface area contributed by atoms with Crippen molar-refractivity contribution in [1.29, 1.82) is 0 Å². The predicted molar refractivity (Wildman–Crippen MR) is 118 cm³/mol. The number of nitrogens with zero attached hydrogens (tertiary/aromatic N) is 1. The van der Waals surface area contributed by atoms with E-state index in [1.54, 1.807) is 19.2 Å². The number of aryl methyl sites for hydroxylation is 1. The van der Waals surface area contributed by atoms with Crippen molar-refractivity contribution in [2.24, 2.45) is 5.92 Å². The number of rotatable bonds is 8. The van der Waals surface area contributed by atoms with E-state index in [1.807, 2.05) is 43.3 Å². The second-order valence-corrected chi connectivity index (χ2v) is 8.36. The molecule has 1 heterocycles. The molecular formula is C23H26N2O3S. The number of anilines is 1. The van der Waals surface area contributed by atoms with Gasteiger partial charge in [0.25, 0.3) is 5.91 Å². The van der Waals surface area contributed by atoms with Crippen LogP contribution in [0.4, 0.5) is 5.13 Å². The van der Waals surface area contributed by atoms with Crippen molar-refractivity contribution in [1.82, 2.24) is 4.98 Å². The molecule has 0 spiro atoms. The highest BCUT2D eigenvalue weighted by atomic mass is 32.1. The summed E-state index contributed by atoms with van der Waals surface area (Å²) in [4.78, 5) is 18.2. The maximum Gasteiger partial charge on any atom is 0.257 e. The minimum absolute atomic E-state index is 0.186. The van der Waals surface area contributed by atoms with Crippen LogP contribution in [0.2, 0.25) is 0 Å². The quantitative estimate of drug-likeness (QED) is 0.509. The third-order valence-electron chi connectivity index (χ3n) is 4.46. The number of benzene rings is 2. The Kier molecular flexibility index (Phi) is 6.88. The fraction of sp³-hybridized carbons (Fsp3) is 0.304. The second-order valence-electron chi connectivity index (χ2n) is 7.16. The molecule has 0 saturated heterocycles. The fourth-order valence-corrected chi connectivity index (χ4v) is 3.58. The number of methoxy groups -OCH3 is 1. The van der Waals surface area contributed by atoms with Crippen molar-refractivity contribution in [3.8, 4) is 22.8 Å². The molecular weight excluding hydrogens is 384 g/mol. The lowest BCUT2D eigenvalue weighted by Gasteiger charge is -2.08. The van der Waals surface area contributed by atoms with Gasteiger partial charge >= 0.3 is 0 Å². The fourth-order valence-electron chi connectivity index (χ4n) is 2.75. The van der Waals surface area contributed by atoms with Crippen molar-refractivity contribution >= 4 is 22.4 Å². The summed E-state index contributed by atoms with van der Waals surface area (Å²) in [6, 6.07) is 14.9. The number of thiazole rings is 1. The van der Waals surface area contributed by atoms with Gasteiger partial charge in [-0.3, -0.25) is 10.1 Å². The average Bonchev–Trinajstić information content (AvgIpc) is 3.08. The molecule has 0 radical (unpaired) electrons. The summed E-state index contributed by atoms with van der Waals surface area (Å²) in [5, 5.41) is 3.47. The van der Waals surface area contributed by atoms with Crippen molar-refractivity contribution in [3.05, 3.63) is 59.0 Å². The molecule has 1 N–H and O–H groups in total. The van der Waals surface area contributed by atoms with Crippen molar-refractivity contribution in [2.75, 3.05) is 19.0 Å². The van der Waals surface area contributed by atoms with Gasteiger partial charge < -0.3 is 9.47 Å². The number of carbonyl (C=O) groups excluding carboxylic acids is 1. The largest absolute Gasteiger partial charge is 0.497 e. The van der Waals surface area contributed by atoms with Crippen LogP contribution in [0.5, 0.6) is 11.5 Å². The van der Waals surface area contributed by atoms with Crippen LogP contribution >= 0.6 is 11.3 Å². The van der Waals surface area contributed by atoms with Crippen LogP contribution in [0.1, 0.15) is 35.5 Å². The maximum absolute atomic E-state index is 12.6. The Morgan fingerprint density at radius 2 is 1.72 bits per heavy atom. The van der Waals surface area contributed by atoms with Gasteiger partial charge in [0, 0.05) is 16.0 Å². The molecule has 0 fully saturated rings. The van der Waals surface area contributed by atoms with Crippen LogP contribution in [0.25, 0.3) is 11.3 Å². The van der Waals surface area contributed by atoms with Gasteiger partial charge in [-0.25, -0.2) is 4.98 Å². The third-order valence-corrected chi connectivity index (χ3v) is 5.35. The maximum atomic E-state index is 12.6. The first kappa shape index (κ1) is 20.9. The zero-order chi connectivity index (χ0) is 20.8. The third kappa shape index (κ3) is 5.57. The first-order chi connectivity index (χ1) is 14.0. The normalized spacial score (nSPS) is 10.8. The predicted octanol–water partition coefficient (Wildman–Crippen LogP) is 5.80. The average molecular weight is 411 g/mol. The summed E-state index contributed by atoms with van der Waals surface area (Å²) in [5.74, 6) is 1.99. The molecule has 2 aromatic carbocycles. The Morgan fingerprint density at radius 1 is 1.07 bits per heavy atom. The van der Waals surface area contributed by atoms with Gasteiger partial charge in [0.05, 0.1) is 19.4 Å². The van der Waals surface area contributed by atoms with Crippen LogP contribution in [-0.2, 0) is 0 Å². The van der Waals surface area contributed by atoms with Gasteiger partial charge in [-0.05, 0) is 67.8 Å². The second kappa shape index (κ2) is 9.56. The number of nitrogens with one attached hydrogen (secondary N) is 1. The van der Waals surface area contributed by atoms with E-state index >= 15 is 0 Å². The van der Waals surface area contributed by atoms with Crippen molar-refractivity contribution in [3.63, 3.8) is 0 Å². The van der Waals surface area contributed by atoms with Gasteiger partial charge in [0.2, 0.25) is 0 Å². The van der Waals surface area contributed by atoms with Gasteiger partial charge in [-0.15, -0.1) is 11.3 Å². The minimum atomic E-state index is -0.186. The van der Waals surface area contributed by atoms with Crippen molar-refractivity contribution in [2.45, 2.75) is 27.2 Å². The highest BCUT2D eigenvalue weighted by molar-refractivity contribution is 7.16. The summed E-state index contributed by atoms with van der Waals surface area (Å²) in [6.45, 7) is 7.00. The molecule has 0 unspecified atom stereocenters. The smallest absolute Gasteiger partial charge is 0.257 e. The van der Waals surface area contributed by atoms with Gasteiger partial charge in [0.15, 0.2) is 5.13 Å². The molecule has 0 saturated carbocycles. The molecule has 0 atom stereocenters. The number of amides is 1. The Morgan fingerprint density at radius 3 is 2.34 bits per heavy atom. The van der Waals surface area contributed by atoms with Crippen LogP contribution in [0.15, 0.2) is 48.5 Å². The summed E-state index contributed by atoms with van der Waals surface area (Å²) < 4.78 is 10.9. The van der Waals surface area contributed by atoms with E-state index in [4.69, 9.17) is 9.47 Å². The van der Waals surface area contributed by atoms with E-state index in [2.05, 4.69) is 24.1 Å². The van der Waals surface area contributed by atoms with Crippen molar-refractivity contribution < 1.29 is 14.3 Å². The van der Waals surface area contributed by atoms with Gasteiger partial charge in [-0.1, -0.05) is 13.8 Å². The summed E-state index contributed by atoms with van der Waals surface area (Å²) >= 11 is 1.46. The van der Waals surface area contributed by atoms with E-state index < -0.39 is 0 Å². The highest BCUT2D eigenvalue weighted by Gasteiger charge is 2.13. The van der Waals surface area contributed by atoms with Crippen LogP contribution in [0.3, 0.4) is 0 Å². The lowest BCUT2D eigenvalue weighted by molar-refractivity contribution is 0.102. The van der Waals surface area contributed by atoms with Gasteiger partial charge in [0.1, 0.15) is 11.5 Å². The zero-order valence-electron chi connectivity index (χ0n) is 17.2. The van der Waals surface area contributed by atoms with Crippen LogP contribution < -0.4 is 14.8 Å². The molecule has 6 heteroatoms. The molecule has 1 amide bonds. The van der Waals surface area contributed by atoms with E-state index in [-0.39, 0.29) is 5.91 Å². The first-order valence-corrected chi connectivity index (χ1v) is 10.4. The number of ether oxygens (including phenoxy) is 2. The Bertz CT molecular complexity index is 947. The van der Waals surface area contributed by atoms with E-state index in [1.165, 1.54) is 11.3 Å². The topological polar surface area (TPSA) is 60.5 Å². The first-order valence-electron chi connectivity index (χ1n) is 9.62. The van der Waals surface area contributed by atoms with E-state index in [0.29, 0.717) is 23.2 Å². The van der Waals surface area contributed by atoms with Crippen LogP contribution in [-0.4, -0.2) is 24.6 Å². The molecule has 152 valence electrons. The lowest BCUT2D eigenvalue weighted by atomic mass is 10.1. The van der Waals surface area contributed by atoms with Gasteiger partial charge in [-0.2, -0.15) is 0 Å². The Hall–Kier alpha value is -2.86. The number of hydrogen-bond acceptors (Lipinski definition) is 5. The van der Waals surface area contributed by atoms with E-state index in [0.717, 1.165) is 34.1 Å². The molecule has 0 aliphatic rings.